The molecule has 1 aromatic heterocycles. The van der Waals surface area contributed by atoms with E-state index in [9.17, 15) is 17.6 Å². The topological polar surface area (TPSA) is 74.7 Å². The molecule has 1 fully saturated rings. The molecule has 0 radical (unpaired) electrons. The first-order valence-electron chi connectivity index (χ1n) is 8.58. The summed E-state index contributed by atoms with van der Waals surface area (Å²) in [4.78, 5) is 13.7. The largest absolute Gasteiger partial charge is 0.345 e. The molecule has 1 aromatic carbocycles. The summed E-state index contributed by atoms with van der Waals surface area (Å²) in [5.41, 5.74) is 0.877. The number of nitrogens with zero attached hydrogens (tertiary/aromatic N) is 3. The van der Waals surface area contributed by atoms with Crippen molar-refractivity contribution in [1.29, 1.82) is 0 Å². The van der Waals surface area contributed by atoms with E-state index >= 15 is 0 Å². The van der Waals surface area contributed by atoms with Crippen LogP contribution in [0.4, 0.5) is 4.39 Å². The van der Waals surface area contributed by atoms with E-state index in [-0.39, 0.29) is 35.4 Å². The maximum absolute atomic E-state index is 13.7. The van der Waals surface area contributed by atoms with Crippen LogP contribution in [0.1, 0.15) is 22.1 Å². The monoisotopic (exact) mass is 430 g/mol. The van der Waals surface area contributed by atoms with E-state index in [0.717, 1.165) is 0 Å². The molecule has 1 saturated heterocycles. The fraction of sp³-hybridized carbons (Fsp3) is 0.389. The number of hydrogen-bond acceptors (Lipinski definition) is 4. The number of benzene rings is 1. The maximum Gasteiger partial charge on any atom is 0.269 e. The molecule has 28 heavy (non-hydrogen) atoms. The van der Waals surface area contributed by atoms with Crippen LogP contribution < -0.4 is 5.32 Å². The number of nitrogens with one attached hydrogen (secondary N) is 1. The molecule has 7 nitrogen and oxygen atoms in total. The lowest BCUT2D eigenvalue weighted by molar-refractivity contribution is 0.0818. The van der Waals surface area contributed by atoms with Crippen LogP contribution in [0, 0.1) is 5.82 Å². The average Bonchev–Trinajstić information content (AvgIpc) is 3.03. The Labute approximate surface area is 170 Å². The van der Waals surface area contributed by atoms with Gasteiger partial charge >= 0.3 is 0 Å². The number of aromatic nitrogens is 1. The first-order valence-corrected chi connectivity index (χ1v) is 10.0. The van der Waals surface area contributed by atoms with Crippen LogP contribution >= 0.6 is 12.4 Å². The van der Waals surface area contributed by atoms with Crippen molar-refractivity contribution in [1.82, 2.24) is 19.1 Å². The van der Waals surface area contributed by atoms with E-state index in [2.05, 4.69) is 5.32 Å². The minimum absolute atomic E-state index is 0. The molecule has 2 heterocycles. The molecule has 10 heteroatoms. The Morgan fingerprint density at radius 1 is 1.29 bits per heavy atom. The van der Waals surface area contributed by atoms with Gasteiger partial charge in [0.2, 0.25) is 10.0 Å². The van der Waals surface area contributed by atoms with Gasteiger partial charge in [0.25, 0.3) is 5.91 Å². The van der Waals surface area contributed by atoms with Crippen molar-refractivity contribution in [2.45, 2.75) is 10.9 Å². The van der Waals surface area contributed by atoms with E-state index < -0.39 is 21.9 Å². The van der Waals surface area contributed by atoms with Gasteiger partial charge in [0.05, 0.1) is 6.04 Å². The van der Waals surface area contributed by atoms with Gasteiger partial charge in [0, 0.05) is 47.0 Å². The van der Waals surface area contributed by atoms with Gasteiger partial charge < -0.3 is 14.8 Å². The SMILES string of the molecule is CN(C)C(=O)c1cc(S(=O)(=O)N2CCNCC2c2cccc(F)c2)cn1C.Cl. The molecule has 1 aliphatic heterocycles. The molecule has 2 aromatic rings. The number of halogens is 2. The third kappa shape index (κ3) is 4.22. The molecular weight excluding hydrogens is 407 g/mol. The van der Waals surface area contributed by atoms with Crippen LogP contribution in [-0.4, -0.2) is 61.8 Å². The minimum atomic E-state index is -3.85. The van der Waals surface area contributed by atoms with Gasteiger partial charge in [0.1, 0.15) is 16.4 Å². The number of piperazine rings is 1. The summed E-state index contributed by atoms with van der Waals surface area (Å²) in [6.45, 7) is 1.15. The van der Waals surface area contributed by atoms with Gasteiger partial charge in [-0.2, -0.15) is 4.31 Å². The fourth-order valence-corrected chi connectivity index (χ4v) is 4.91. The highest BCUT2D eigenvalue weighted by Gasteiger charge is 2.35. The number of rotatable bonds is 4. The van der Waals surface area contributed by atoms with Crippen LogP contribution in [0.5, 0.6) is 0 Å². The third-order valence-corrected chi connectivity index (χ3v) is 6.51. The summed E-state index contributed by atoms with van der Waals surface area (Å²) >= 11 is 0. The normalized spacial score (nSPS) is 17.8. The van der Waals surface area contributed by atoms with Gasteiger partial charge in [-0.3, -0.25) is 4.79 Å². The van der Waals surface area contributed by atoms with E-state index in [4.69, 9.17) is 0 Å². The molecule has 0 saturated carbocycles. The van der Waals surface area contributed by atoms with E-state index in [1.54, 1.807) is 33.3 Å². The van der Waals surface area contributed by atoms with Crippen molar-refractivity contribution in [2.24, 2.45) is 7.05 Å². The van der Waals surface area contributed by atoms with Crippen LogP contribution in [-0.2, 0) is 17.1 Å². The first-order chi connectivity index (χ1) is 12.7. The number of amides is 1. The Kier molecular flexibility index (Phi) is 6.87. The van der Waals surface area contributed by atoms with Crippen molar-refractivity contribution < 1.29 is 17.6 Å². The summed E-state index contributed by atoms with van der Waals surface area (Å²) < 4.78 is 43.1. The van der Waals surface area contributed by atoms with Crippen LogP contribution in [0.2, 0.25) is 0 Å². The molecule has 1 aliphatic rings. The summed E-state index contributed by atoms with van der Waals surface area (Å²) in [5.74, 6) is -0.685. The number of carbonyl (C=O) groups excluding carboxylic acids is 1. The van der Waals surface area contributed by atoms with Crippen molar-refractivity contribution in [3.8, 4) is 0 Å². The molecular formula is C18H24ClFN4O3S. The Bertz CT molecular complexity index is 961. The molecule has 154 valence electrons. The molecule has 1 N–H and O–H groups in total. The van der Waals surface area contributed by atoms with Gasteiger partial charge in [-0.25, -0.2) is 12.8 Å². The van der Waals surface area contributed by atoms with Gasteiger partial charge in [0.15, 0.2) is 0 Å². The molecule has 1 amide bonds. The Hall–Kier alpha value is -1.94. The van der Waals surface area contributed by atoms with Crippen LogP contribution in [0.25, 0.3) is 0 Å². The second-order valence-electron chi connectivity index (χ2n) is 6.76. The summed E-state index contributed by atoms with van der Waals surface area (Å²) in [5, 5.41) is 3.16. The summed E-state index contributed by atoms with van der Waals surface area (Å²) in [6, 6.07) is 6.84. The smallest absolute Gasteiger partial charge is 0.269 e. The van der Waals surface area contributed by atoms with Crippen molar-refractivity contribution in [3.05, 3.63) is 53.6 Å². The first kappa shape index (κ1) is 22.4. The number of aryl methyl sites for hydroxylation is 1. The average molecular weight is 431 g/mol. The lowest BCUT2D eigenvalue weighted by atomic mass is 10.1. The highest BCUT2D eigenvalue weighted by atomic mass is 35.5. The number of carbonyl (C=O) groups is 1. The van der Waals surface area contributed by atoms with Crippen LogP contribution in [0.15, 0.2) is 41.4 Å². The van der Waals surface area contributed by atoms with Gasteiger partial charge in [-0.05, 0) is 23.8 Å². The fourth-order valence-electron chi connectivity index (χ4n) is 3.22. The minimum Gasteiger partial charge on any atom is -0.345 e. The predicted octanol–water partition coefficient (Wildman–Crippen LogP) is 1.62. The van der Waals surface area contributed by atoms with Crippen molar-refractivity contribution >= 4 is 28.3 Å². The molecule has 0 spiro atoms. The number of hydrogen-bond donors (Lipinski definition) is 1. The predicted molar refractivity (Wildman–Crippen MR) is 107 cm³/mol. The van der Waals surface area contributed by atoms with Crippen molar-refractivity contribution in [2.75, 3.05) is 33.7 Å². The molecule has 1 unspecified atom stereocenters. The third-order valence-electron chi connectivity index (χ3n) is 4.64. The lowest BCUT2D eigenvalue weighted by Crippen LogP contribution is -2.48. The number of sulfonamides is 1. The molecule has 0 aliphatic carbocycles. The molecule has 0 bridgehead atoms. The van der Waals surface area contributed by atoms with E-state index in [1.165, 1.54) is 38.2 Å². The standard InChI is InChI=1S/C18H23FN4O3S.ClH/c1-21(2)18(24)16-10-15(12-22(16)3)27(25,26)23-8-7-20-11-17(23)13-5-4-6-14(19)9-13;/h4-6,9-10,12,17,20H,7-8,11H2,1-3H3;1H. The highest BCUT2D eigenvalue weighted by molar-refractivity contribution is 7.89. The highest BCUT2D eigenvalue weighted by Crippen LogP contribution is 2.30. The maximum atomic E-state index is 13.7. The van der Waals surface area contributed by atoms with Crippen molar-refractivity contribution in [3.63, 3.8) is 0 Å². The second-order valence-corrected chi connectivity index (χ2v) is 8.65. The lowest BCUT2D eigenvalue weighted by Gasteiger charge is -2.35. The molecule has 1 atom stereocenters. The molecule has 3 rings (SSSR count). The Balaban J connectivity index is 0.00000280. The van der Waals surface area contributed by atoms with Gasteiger partial charge in [-0.15, -0.1) is 12.4 Å². The van der Waals surface area contributed by atoms with Crippen LogP contribution in [0.3, 0.4) is 0 Å². The zero-order valence-corrected chi connectivity index (χ0v) is 17.6. The summed E-state index contributed by atoms with van der Waals surface area (Å²) in [6.07, 6.45) is 1.44. The van der Waals surface area contributed by atoms with E-state index in [1.807, 2.05) is 0 Å². The van der Waals surface area contributed by atoms with E-state index in [0.29, 0.717) is 18.7 Å². The zero-order chi connectivity index (χ0) is 19.8. The summed E-state index contributed by atoms with van der Waals surface area (Å²) in [7, 11) is 1.00. The Morgan fingerprint density at radius 2 is 2.00 bits per heavy atom. The zero-order valence-electron chi connectivity index (χ0n) is 15.9. The quantitative estimate of drug-likeness (QED) is 0.799. The van der Waals surface area contributed by atoms with Gasteiger partial charge in [-0.1, -0.05) is 12.1 Å². The second kappa shape index (κ2) is 8.60. The Morgan fingerprint density at radius 3 is 2.64 bits per heavy atom.